The SMILES string of the molecule is O=C(O)c1cc2c(Br)c(Br)ccc2cc1O. The summed E-state index contributed by atoms with van der Waals surface area (Å²) in [7, 11) is 0. The van der Waals surface area contributed by atoms with Gasteiger partial charge in [-0.15, -0.1) is 0 Å². The maximum atomic E-state index is 10.9. The van der Waals surface area contributed by atoms with E-state index < -0.39 is 5.97 Å². The minimum atomic E-state index is -1.15. The monoisotopic (exact) mass is 344 g/mol. The molecule has 0 atom stereocenters. The van der Waals surface area contributed by atoms with Crippen LogP contribution in [0.15, 0.2) is 33.2 Å². The average molecular weight is 346 g/mol. The van der Waals surface area contributed by atoms with E-state index >= 15 is 0 Å². The maximum absolute atomic E-state index is 10.9. The summed E-state index contributed by atoms with van der Waals surface area (Å²) in [4.78, 5) is 10.9. The number of rotatable bonds is 1. The maximum Gasteiger partial charge on any atom is 0.339 e. The fraction of sp³-hybridized carbons (Fsp3) is 0. The Hall–Kier alpha value is -1.07. The van der Waals surface area contributed by atoms with Gasteiger partial charge in [-0.2, -0.15) is 0 Å². The molecule has 3 nitrogen and oxygen atoms in total. The quantitative estimate of drug-likeness (QED) is 0.827. The van der Waals surface area contributed by atoms with Crippen molar-refractivity contribution >= 4 is 48.6 Å². The summed E-state index contributed by atoms with van der Waals surface area (Å²) in [5.74, 6) is -1.37. The van der Waals surface area contributed by atoms with E-state index in [4.69, 9.17) is 5.11 Å². The molecule has 0 aliphatic rings. The normalized spacial score (nSPS) is 10.6. The van der Waals surface area contributed by atoms with Gasteiger partial charge in [0, 0.05) is 8.95 Å². The summed E-state index contributed by atoms with van der Waals surface area (Å²) in [5.41, 5.74) is -0.105. The topological polar surface area (TPSA) is 57.5 Å². The van der Waals surface area contributed by atoms with Crippen molar-refractivity contribution < 1.29 is 15.0 Å². The molecule has 0 radical (unpaired) electrons. The van der Waals surface area contributed by atoms with Gasteiger partial charge in [0.1, 0.15) is 11.3 Å². The summed E-state index contributed by atoms with van der Waals surface area (Å²) >= 11 is 6.71. The molecule has 0 saturated carbocycles. The Morgan fingerprint density at radius 1 is 1.19 bits per heavy atom. The molecule has 82 valence electrons. The molecular weight excluding hydrogens is 340 g/mol. The molecule has 0 saturated heterocycles. The first-order valence-electron chi connectivity index (χ1n) is 4.34. The first-order chi connectivity index (χ1) is 7.50. The Morgan fingerprint density at radius 2 is 1.88 bits per heavy atom. The number of halogens is 2. The molecule has 2 aromatic rings. The van der Waals surface area contributed by atoms with Gasteiger partial charge in [-0.1, -0.05) is 6.07 Å². The van der Waals surface area contributed by atoms with Gasteiger partial charge in [0.15, 0.2) is 0 Å². The molecule has 0 amide bonds. The summed E-state index contributed by atoms with van der Waals surface area (Å²) in [6.07, 6.45) is 0. The lowest BCUT2D eigenvalue weighted by Gasteiger charge is -2.06. The van der Waals surface area contributed by atoms with Crippen molar-refractivity contribution in [2.75, 3.05) is 0 Å². The summed E-state index contributed by atoms with van der Waals surface area (Å²) in [6, 6.07) is 6.51. The van der Waals surface area contributed by atoms with E-state index in [0.29, 0.717) is 0 Å². The number of aromatic hydroxyl groups is 1. The number of phenols is 1. The highest BCUT2D eigenvalue weighted by molar-refractivity contribution is 9.13. The first-order valence-corrected chi connectivity index (χ1v) is 5.93. The van der Waals surface area contributed by atoms with Gasteiger partial charge in [-0.3, -0.25) is 0 Å². The predicted molar refractivity (Wildman–Crippen MR) is 68.0 cm³/mol. The van der Waals surface area contributed by atoms with E-state index in [-0.39, 0.29) is 11.3 Å². The third-order valence-electron chi connectivity index (χ3n) is 2.25. The minimum absolute atomic E-state index is 0.105. The van der Waals surface area contributed by atoms with Crippen molar-refractivity contribution in [3.8, 4) is 5.75 Å². The zero-order valence-corrected chi connectivity index (χ0v) is 11.0. The van der Waals surface area contributed by atoms with Gasteiger partial charge in [0.05, 0.1) is 0 Å². The highest BCUT2D eigenvalue weighted by Crippen LogP contribution is 2.34. The Bertz CT molecular complexity index is 593. The van der Waals surface area contributed by atoms with Crippen LogP contribution in [0.4, 0.5) is 0 Å². The Balaban J connectivity index is 2.86. The van der Waals surface area contributed by atoms with Crippen molar-refractivity contribution in [2.24, 2.45) is 0 Å². The molecule has 2 N–H and O–H groups in total. The average Bonchev–Trinajstić information content (AvgIpc) is 2.23. The van der Waals surface area contributed by atoms with Crippen LogP contribution in [0.5, 0.6) is 5.75 Å². The lowest BCUT2D eigenvalue weighted by atomic mass is 10.1. The standard InChI is InChI=1S/C11H6Br2O3/c12-8-2-1-5-3-9(14)7(11(15)16)4-6(5)10(8)13/h1-4,14H,(H,15,16). The largest absolute Gasteiger partial charge is 0.507 e. The van der Waals surface area contributed by atoms with Crippen molar-refractivity contribution in [1.82, 2.24) is 0 Å². The molecule has 16 heavy (non-hydrogen) atoms. The van der Waals surface area contributed by atoms with Gasteiger partial charge in [0.25, 0.3) is 0 Å². The second-order valence-electron chi connectivity index (χ2n) is 3.26. The third-order valence-corrected chi connectivity index (χ3v) is 4.30. The Labute approximate surface area is 108 Å². The van der Waals surface area contributed by atoms with Gasteiger partial charge >= 0.3 is 5.97 Å². The molecule has 0 aliphatic heterocycles. The van der Waals surface area contributed by atoms with Gasteiger partial charge in [-0.25, -0.2) is 4.79 Å². The molecule has 0 unspecified atom stereocenters. The number of benzene rings is 2. The Morgan fingerprint density at radius 3 is 2.50 bits per heavy atom. The molecule has 5 heteroatoms. The third kappa shape index (κ3) is 1.81. The molecule has 0 bridgehead atoms. The van der Waals surface area contributed by atoms with Crippen molar-refractivity contribution in [1.29, 1.82) is 0 Å². The summed E-state index contributed by atoms with van der Waals surface area (Å²) in [5, 5.41) is 19.9. The number of hydrogen-bond acceptors (Lipinski definition) is 2. The van der Waals surface area contributed by atoms with Crippen LogP contribution >= 0.6 is 31.9 Å². The van der Waals surface area contributed by atoms with E-state index in [2.05, 4.69) is 31.9 Å². The van der Waals surface area contributed by atoms with Crippen molar-refractivity contribution in [2.45, 2.75) is 0 Å². The van der Waals surface area contributed by atoms with E-state index in [9.17, 15) is 9.90 Å². The smallest absolute Gasteiger partial charge is 0.339 e. The molecule has 0 aromatic heterocycles. The van der Waals surface area contributed by atoms with Crippen LogP contribution < -0.4 is 0 Å². The molecule has 0 heterocycles. The second-order valence-corrected chi connectivity index (χ2v) is 4.90. The molecule has 0 aliphatic carbocycles. The summed E-state index contributed by atoms with van der Waals surface area (Å²) in [6.45, 7) is 0. The lowest BCUT2D eigenvalue weighted by molar-refractivity contribution is 0.0694. The van der Waals surface area contributed by atoms with Crippen LogP contribution in [0.2, 0.25) is 0 Å². The highest BCUT2D eigenvalue weighted by Gasteiger charge is 2.13. The molecular formula is C11H6Br2O3. The van der Waals surface area contributed by atoms with Gasteiger partial charge in [0.2, 0.25) is 0 Å². The number of fused-ring (bicyclic) bond motifs is 1. The first kappa shape index (κ1) is 11.4. The fourth-order valence-electron chi connectivity index (χ4n) is 1.47. The molecule has 2 aromatic carbocycles. The number of carboxylic acids is 1. The van der Waals surface area contributed by atoms with Crippen molar-refractivity contribution in [3.05, 3.63) is 38.8 Å². The fourth-order valence-corrected chi connectivity index (χ4v) is 2.29. The van der Waals surface area contributed by atoms with Crippen LogP contribution in [0.25, 0.3) is 10.8 Å². The lowest BCUT2D eigenvalue weighted by Crippen LogP contribution is -1.96. The van der Waals surface area contributed by atoms with Crippen LogP contribution in [0, 0.1) is 0 Å². The Kier molecular flexibility index (Phi) is 2.90. The number of hydrogen-bond donors (Lipinski definition) is 2. The van der Waals surface area contributed by atoms with Gasteiger partial charge < -0.3 is 10.2 Å². The van der Waals surface area contributed by atoms with Crippen LogP contribution in [-0.2, 0) is 0 Å². The highest BCUT2D eigenvalue weighted by atomic mass is 79.9. The molecule has 2 rings (SSSR count). The minimum Gasteiger partial charge on any atom is -0.507 e. The van der Waals surface area contributed by atoms with E-state index in [1.807, 2.05) is 6.07 Å². The van der Waals surface area contributed by atoms with Crippen LogP contribution in [-0.4, -0.2) is 16.2 Å². The number of carboxylic acid groups (broad SMARTS) is 1. The zero-order valence-electron chi connectivity index (χ0n) is 7.87. The van der Waals surface area contributed by atoms with Crippen LogP contribution in [0.3, 0.4) is 0 Å². The van der Waals surface area contributed by atoms with E-state index in [1.165, 1.54) is 12.1 Å². The van der Waals surface area contributed by atoms with Crippen molar-refractivity contribution in [3.63, 3.8) is 0 Å². The summed E-state index contributed by atoms with van der Waals surface area (Å²) < 4.78 is 1.61. The predicted octanol–water partition coefficient (Wildman–Crippen LogP) is 3.77. The molecule has 0 spiro atoms. The van der Waals surface area contributed by atoms with E-state index in [0.717, 1.165) is 19.7 Å². The zero-order chi connectivity index (χ0) is 11.9. The number of aromatic carboxylic acids is 1. The number of carbonyl (C=O) groups is 1. The van der Waals surface area contributed by atoms with Crippen LogP contribution in [0.1, 0.15) is 10.4 Å². The van der Waals surface area contributed by atoms with Gasteiger partial charge in [-0.05, 0) is 60.8 Å². The van der Waals surface area contributed by atoms with E-state index in [1.54, 1.807) is 6.07 Å². The second kappa shape index (κ2) is 4.07. The molecule has 0 fully saturated rings.